The summed E-state index contributed by atoms with van der Waals surface area (Å²) in [5.74, 6) is -5.07. The number of thiol groups is 1. The summed E-state index contributed by atoms with van der Waals surface area (Å²) in [6.07, 6.45) is -1.76. The van der Waals surface area contributed by atoms with Crippen LogP contribution < -0.4 is 27.4 Å². The van der Waals surface area contributed by atoms with Crippen LogP contribution in [-0.2, 0) is 30.4 Å². The Bertz CT molecular complexity index is 852. The van der Waals surface area contributed by atoms with E-state index in [0.29, 0.717) is 5.56 Å². The zero-order chi connectivity index (χ0) is 25.1. The molecule has 5 unspecified atom stereocenters. The standard InChI is InChI=1S/C20H29N5O7S/c1-10(26)16(22)19(30)23-12(7-11-5-3-2-4-6-11)17(28)25-14(9-33)18(29)24-13(20(31)32)8-15(21)27/h2-6,10,12-14,16,26,33H,7-9,22H2,1H3,(H2,21,27)(H,23,30)(H,24,29)(H,25,28)(H,31,32). The van der Waals surface area contributed by atoms with Crippen molar-refractivity contribution in [3.05, 3.63) is 35.9 Å². The van der Waals surface area contributed by atoms with Crippen LogP contribution in [0.1, 0.15) is 18.9 Å². The van der Waals surface area contributed by atoms with E-state index in [1.807, 2.05) is 0 Å². The molecule has 182 valence electrons. The highest BCUT2D eigenvalue weighted by atomic mass is 32.1. The predicted molar refractivity (Wildman–Crippen MR) is 121 cm³/mol. The van der Waals surface area contributed by atoms with Gasteiger partial charge in [-0.05, 0) is 12.5 Å². The number of carboxylic acid groups (broad SMARTS) is 1. The summed E-state index contributed by atoms with van der Waals surface area (Å²) in [5, 5.41) is 25.7. The van der Waals surface area contributed by atoms with Crippen LogP contribution in [0.2, 0.25) is 0 Å². The van der Waals surface area contributed by atoms with Gasteiger partial charge in [0.2, 0.25) is 23.6 Å². The van der Waals surface area contributed by atoms with Crippen molar-refractivity contribution < 1.29 is 34.2 Å². The van der Waals surface area contributed by atoms with E-state index in [1.54, 1.807) is 30.3 Å². The minimum atomic E-state index is -1.59. The second-order valence-corrected chi connectivity index (χ2v) is 7.70. The second kappa shape index (κ2) is 13.4. The molecule has 1 rings (SSSR count). The van der Waals surface area contributed by atoms with Crippen LogP contribution in [0.5, 0.6) is 0 Å². The molecule has 33 heavy (non-hydrogen) atoms. The van der Waals surface area contributed by atoms with Gasteiger partial charge in [0.25, 0.3) is 0 Å². The van der Waals surface area contributed by atoms with Gasteiger partial charge in [0.1, 0.15) is 24.2 Å². The molecule has 0 saturated heterocycles. The lowest BCUT2D eigenvalue weighted by Crippen LogP contribution is -2.59. The quantitative estimate of drug-likeness (QED) is 0.138. The third-order valence-corrected chi connectivity index (χ3v) is 4.94. The molecule has 0 aliphatic carbocycles. The average Bonchev–Trinajstić information content (AvgIpc) is 2.75. The second-order valence-electron chi connectivity index (χ2n) is 7.33. The summed E-state index contributed by atoms with van der Waals surface area (Å²) in [5.41, 5.74) is 11.3. The Hall–Kier alpha value is -3.16. The lowest BCUT2D eigenvalue weighted by atomic mass is 10.0. The van der Waals surface area contributed by atoms with Crippen molar-refractivity contribution in [2.45, 2.75) is 50.0 Å². The van der Waals surface area contributed by atoms with E-state index in [9.17, 15) is 29.1 Å². The lowest BCUT2D eigenvalue weighted by molar-refractivity contribution is -0.143. The maximum absolute atomic E-state index is 12.9. The zero-order valence-electron chi connectivity index (χ0n) is 17.9. The first kappa shape index (κ1) is 27.9. The number of benzene rings is 1. The molecule has 1 aromatic carbocycles. The number of aliphatic hydroxyl groups is 1. The Morgan fingerprint density at radius 1 is 0.939 bits per heavy atom. The highest BCUT2D eigenvalue weighted by molar-refractivity contribution is 7.80. The summed E-state index contributed by atoms with van der Waals surface area (Å²) in [7, 11) is 0. The van der Waals surface area contributed by atoms with Crippen LogP contribution >= 0.6 is 12.6 Å². The predicted octanol–water partition coefficient (Wildman–Crippen LogP) is -2.72. The van der Waals surface area contributed by atoms with Crippen LogP contribution in [0, 0.1) is 0 Å². The van der Waals surface area contributed by atoms with Gasteiger partial charge < -0.3 is 37.6 Å². The molecule has 1 aromatic rings. The molecule has 0 heterocycles. The number of rotatable bonds is 13. The van der Waals surface area contributed by atoms with E-state index in [1.165, 1.54) is 6.92 Å². The smallest absolute Gasteiger partial charge is 0.326 e. The van der Waals surface area contributed by atoms with Crippen molar-refractivity contribution in [1.29, 1.82) is 0 Å². The summed E-state index contributed by atoms with van der Waals surface area (Å²) in [6, 6.07) is 3.38. The first-order valence-corrected chi connectivity index (χ1v) is 10.6. The zero-order valence-corrected chi connectivity index (χ0v) is 18.8. The number of carbonyl (C=O) groups excluding carboxylic acids is 4. The number of nitrogens with two attached hydrogens (primary N) is 2. The van der Waals surface area contributed by atoms with Crippen molar-refractivity contribution in [2.75, 3.05) is 5.75 Å². The lowest BCUT2D eigenvalue weighted by Gasteiger charge is -2.25. The van der Waals surface area contributed by atoms with E-state index >= 15 is 0 Å². The van der Waals surface area contributed by atoms with Gasteiger partial charge in [-0.25, -0.2) is 4.79 Å². The Morgan fingerprint density at radius 3 is 1.94 bits per heavy atom. The van der Waals surface area contributed by atoms with Gasteiger partial charge >= 0.3 is 5.97 Å². The molecule has 12 nitrogen and oxygen atoms in total. The van der Waals surface area contributed by atoms with E-state index in [4.69, 9.17) is 16.6 Å². The molecule has 0 aromatic heterocycles. The number of carboxylic acids is 1. The first-order chi connectivity index (χ1) is 15.5. The van der Waals surface area contributed by atoms with Gasteiger partial charge in [0.05, 0.1) is 12.5 Å². The monoisotopic (exact) mass is 483 g/mol. The first-order valence-electron chi connectivity index (χ1n) is 9.96. The van der Waals surface area contributed by atoms with Gasteiger partial charge in [-0.2, -0.15) is 12.6 Å². The Labute approximate surface area is 195 Å². The van der Waals surface area contributed by atoms with Crippen LogP contribution in [0.3, 0.4) is 0 Å². The number of hydrogen-bond donors (Lipinski definition) is 8. The molecule has 0 aliphatic heterocycles. The maximum atomic E-state index is 12.9. The number of nitrogens with one attached hydrogen (secondary N) is 3. The summed E-state index contributed by atoms with van der Waals surface area (Å²) < 4.78 is 0. The average molecular weight is 484 g/mol. The normalized spacial score (nSPS) is 15.3. The Balaban J connectivity index is 2.99. The van der Waals surface area contributed by atoms with Gasteiger partial charge in [0.15, 0.2) is 0 Å². The highest BCUT2D eigenvalue weighted by Gasteiger charge is 2.31. The number of carbonyl (C=O) groups is 5. The van der Waals surface area contributed by atoms with Crippen LogP contribution in [0.25, 0.3) is 0 Å². The summed E-state index contributed by atoms with van der Waals surface area (Å²) >= 11 is 4.02. The van der Waals surface area contributed by atoms with Crippen LogP contribution in [0.4, 0.5) is 0 Å². The minimum Gasteiger partial charge on any atom is -0.480 e. The van der Waals surface area contributed by atoms with E-state index < -0.39 is 66.3 Å². The van der Waals surface area contributed by atoms with Gasteiger partial charge in [0, 0.05) is 12.2 Å². The minimum absolute atomic E-state index is 0.0469. The van der Waals surface area contributed by atoms with Gasteiger partial charge in [-0.15, -0.1) is 0 Å². The molecule has 4 amide bonds. The molecule has 13 heteroatoms. The van der Waals surface area contributed by atoms with Crippen LogP contribution in [-0.4, -0.2) is 75.8 Å². The molecule has 0 aliphatic rings. The van der Waals surface area contributed by atoms with E-state index in [2.05, 4.69) is 28.6 Å². The SMILES string of the molecule is CC(O)C(N)C(=O)NC(Cc1ccccc1)C(=O)NC(CS)C(=O)NC(CC(N)=O)C(=O)O. The van der Waals surface area contributed by atoms with E-state index in [-0.39, 0.29) is 12.2 Å². The molecule has 0 saturated carbocycles. The fourth-order valence-electron chi connectivity index (χ4n) is 2.69. The number of aliphatic hydroxyl groups excluding tert-OH is 1. The Morgan fingerprint density at radius 2 is 1.45 bits per heavy atom. The molecular formula is C20H29N5O7S. The van der Waals surface area contributed by atoms with Crippen molar-refractivity contribution in [1.82, 2.24) is 16.0 Å². The van der Waals surface area contributed by atoms with Gasteiger partial charge in [-0.1, -0.05) is 30.3 Å². The maximum Gasteiger partial charge on any atom is 0.326 e. The fourth-order valence-corrected chi connectivity index (χ4v) is 2.94. The number of aliphatic carboxylic acids is 1. The summed E-state index contributed by atoms with van der Waals surface area (Å²) in [6.45, 7) is 1.32. The third-order valence-electron chi connectivity index (χ3n) is 4.57. The molecule has 9 N–H and O–H groups in total. The van der Waals surface area contributed by atoms with Crippen molar-refractivity contribution in [3.8, 4) is 0 Å². The molecule has 0 spiro atoms. The highest BCUT2D eigenvalue weighted by Crippen LogP contribution is 2.05. The number of primary amides is 1. The molecule has 0 radical (unpaired) electrons. The Kier molecular flexibility index (Phi) is 11.3. The number of hydrogen-bond acceptors (Lipinski definition) is 8. The van der Waals surface area contributed by atoms with Crippen molar-refractivity contribution in [3.63, 3.8) is 0 Å². The number of amides is 4. The van der Waals surface area contributed by atoms with Crippen molar-refractivity contribution in [2.24, 2.45) is 11.5 Å². The summed E-state index contributed by atoms with van der Waals surface area (Å²) in [4.78, 5) is 60.0. The largest absolute Gasteiger partial charge is 0.480 e. The third kappa shape index (κ3) is 9.47. The molecule has 0 bridgehead atoms. The van der Waals surface area contributed by atoms with Crippen LogP contribution in [0.15, 0.2) is 30.3 Å². The molecule has 5 atom stereocenters. The topological polar surface area (TPSA) is 214 Å². The molecule has 0 fully saturated rings. The van der Waals surface area contributed by atoms with Crippen molar-refractivity contribution >= 4 is 42.2 Å². The van der Waals surface area contributed by atoms with E-state index in [0.717, 1.165) is 0 Å². The molecular weight excluding hydrogens is 454 g/mol. The van der Waals surface area contributed by atoms with Gasteiger partial charge in [-0.3, -0.25) is 19.2 Å². The fraction of sp³-hybridized carbons (Fsp3) is 0.450.